The van der Waals surface area contributed by atoms with Crippen LogP contribution in [0.4, 0.5) is 10.5 Å². The van der Waals surface area contributed by atoms with Crippen LogP contribution in [0.1, 0.15) is 22.3 Å². The zero-order valence-electron chi connectivity index (χ0n) is 16.0. The van der Waals surface area contributed by atoms with Crippen LogP contribution in [0.15, 0.2) is 42.5 Å². The first-order valence-electron chi connectivity index (χ1n) is 9.11. The number of nitrogens with zero attached hydrogens (tertiary/aromatic N) is 1. The molecule has 2 aromatic rings. The standard InChI is InChI=1S/C21H24N4O3/c1-13-7-8-17(14(2)9-13)23-21(28)24-19(26)12-25-11-16-6-4-3-5-15(16)10-18(25)20(22)27/h3-9,18H,10-12H2,1-2H3,(H2,22,27)(H2,23,24,26,28)/t18-/m0/s1. The smallest absolute Gasteiger partial charge is 0.325 e. The molecule has 7 heteroatoms. The van der Waals surface area contributed by atoms with Crippen molar-refractivity contribution in [3.05, 3.63) is 64.7 Å². The maximum atomic E-state index is 12.4. The molecule has 0 aliphatic carbocycles. The molecule has 0 saturated heterocycles. The van der Waals surface area contributed by atoms with E-state index >= 15 is 0 Å². The van der Waals surface area contributed by atoms with E-state index in [1.807, 2.05) is 50.2 Å². The first-order chi connectivity index (χ1) is 13.3. The molecule has 0 saturated carbocycles. The molecule has 28 heavy (non-hydrogen) atoms. The molecule has 0 bridgehead atoms. The number of hydrogen-bond donors (Lipinski definition) is 3. The number of nitrogens with one attached hydrogen (secondary N) is 2. The lowest BCUT2D eigenvalue weighted by atomic mass is 9.93. The summed E-state index contributed by atoms with van der Waals surface area (Å²) in [5.41, 5.74) is 10.3. The van der Waals surface area contributed by atoms with E-state index in [0.29, 0.717) is 18.7 Å². The number of rotatable bonds is 4. The monoisotopic (exact) mass is 380 g/mol. The second-order valence-electron chi connectivity index (χ2n) is 7.12. The zero-order valence-corrected chi connectivity index (χ0v) is 16.0. The number of carbonyl (C=O) groups excluding carboxylic acids is 3. The van der Waals surface area contributed by atoms with Gasteiger partial charge in [-0.2, -0.15) is 0 Å². The van der Waals surface area contributed by atoms with Gasteiger partial charge < -0.3 is 11.1 Å². The Morgan fingerprint density at radius 3 is 2.50 bits per heavy atom. The highest BCUT2D eigenvalue weighted by Crippen LogP contribution is 2.23. The van der Waals surface area contributed by atoms with E-state index in [1.165, 1.54) is 0 Å². The number of primary amides is 1. The quantitative estimate of drug-likeness (QED) is 0.753. The number of fused-ring (bicyclic) bond motifs is 1. The number of urea groups is 1. The minimum atomic E-state index is -0.606. The van der Waals surface area contributed by atoms with E-state index in [9.17, 15) is 14.4 Å². The SMILES string of the molecule is Cc1ccc(NC(=O)NC(=O)CN2Cc3ccccc3C[C@H]2C(N)=O)c(C)c1. The van der Waals surface area contributed by atoms with Gasteiger partial charge >= 0.3 is 6.03 Å². The molecule has 3 rings (SSSR count). The van der Waals surface area contributed by atoms with Crippen LogP contribution in [0.3, 0.4) is 0 Å². The van der Waals surface area contributed by atoms with Crippen LogP contribution < -0.4 is 16.4 Å². The van der Waals surface area contributed by atoms with Crippen molar-refractivity contribution >= 4 is 23.5 Å². The Balaban J connectivity index is 1.63. The van der Waals surface area contributed by atoms with E-state index in [1.54, 1.807) is 11.0 Å². The fourth-order valence-corrected chi connectivity index (χ4v) is 3.48. The topological polar surface area (TPSA) is 105 Å². The Morgan fingerprint density at radius 2 is 1.82 bits per heavy atom. The van der Waals surface area contributed by atoms with Gasteiger partial charge in [-0.25, -0.2) is 4.79 Å². The van der Waals surface area contributed by atoms with Gasteiger partial charge in [-0.3, -0.25) is 19.8 Å². The minimum Gasteiger partial charge on any atom is -0.368 e. The average molecular weight is 380 g/mol. The molecule has 4 amide bonds. The second kappa shape index (κ2) is 8.22. The van der Waals surface area contributed by atoms with Crippen molar-refractivity contribution in [1.82, 2.24) is 10.2 Å². The first-order valence-corrected chi connectivity index (χ1v) is 9.11. The first kappa shape index (κ1) is 19.6. The summed E-state index contributed by atoms with van der Waals surface area (Å²) in [6, 6.07) is 12.2. The molecule has 0 radical (unpaired) electrons. The molecule has 7 nitrogen and oxygen atoms in total. The molecule has 0 aromatic heterocycles. The third kappa shape index (κ3) is 4.55. The van der Waals surface area contributed by atoms with E-state index in [-0.39, 0.29) is 6.54 Å². The van der Waals surface area contributed by atoms with Gasteiger partial charge in [0.05, 0.1) is 12.6 Å². The van der Waals surface area contributed by atoms with E-state index in [0.717, 1.165) is 22.3 Å². The summed E-state index contributed by atoms with van der Waals surface area (Å²) < 4.78 is 0. The van der Waals surface area contributed by atoms with Crippen LogP contribution in [0.25, 0.3) is 0 Å². The summed E-state index contributed by atoms with van der Waals surface area (Å²) in [6.07, 6.45) is 0.452. The van der Waals surface area contributed by atoms with E-state index in [4.69, 9.17) is 5.73 Å². The van der Waals surface area contributed by atoms with Gasteiger partial charge in [-0.15, -0.1) is 0 Å². The number of nitrogens with two attached hydrogens (primary N) is 1. The van der Waals surface area contributed by atoms with Gasteiger partial charge in [0.1, 0.15) is 0 Å². The number of amides is 4. The summed E-state index contributed by atoms with van der Waals surface area (Å²) in [5, 5.41) is 4.99. The van der Waals surface area contributed by atoms with Crippen molar-refractivity contribution in [1.29, 1.82) is 0 Å². The van der Waals surface area contributed by atoms with Crippen LogP contribution in [-0.2, 0) is 22.6 Å². The molecule has 0 spiro atoms. The van der Waals surface area contributed by atoms with E-state index in [2.05, 4.69) is 10.6 Å². The van der Waals surface area contributed by atoms with Crippen molar-refractivity contribution in [2.24, 2.45) is 5.73 Å². The zero-order chi connectivity index (χ0) is 20.3. The minimum absolute atomic E-state index is 0.0950. The summed E-state index contributed by atoms with van der Waals surface area (Å²) in [7, 11) is 0. The summed E-state index contributed by atoms with van der Waals surface area (Å²) in [6.45, 7) is 4.18. The summed E-state index contributed by atoms with van der Waals surface area (Å²) >= 11 is 0. The van der Waals surface area contributed by atoms with Crippen molar-refractivity contribution in [2.75, 3.05) is 11.9 Å². The van der Waals surface area contributed by atoms with Crippen LogP contribution in [0.5, 0.6) is 0 Å². The fraction of sp³-hybridized carbons (Fsp3) is 0.286. The molecule has 1 atom stereocenters. The highest BCUT2D eigenvalue weighted by molar-refractivity contribution is 6.02. The highest BCUT2D eigenvalue weighted by atomic mass is 16.2. The lowest BCUT2D eigenvalue weighted by molar-refractivity contribution is -0.127. The maximum absolute atomic E-state index is 12.4. The maximum Gasteiger partial charge on any atom is 0.325 e. The third-order valence-electron chi connectivity index (χ3n) is 4.90. The molecular weight excluding hydrogens is 356 g/mol. The van der Waals surface area contributed by atoms with Gasteiger partial charge in [0, 0.05) is 12.2 Å². The predicted molar refractivity (Wildman–Crippen MR) is 107 cm³/mol. The molecule has 146 valence electrons. The lowest BCUT2D eigenvalue weighted by Crippen LogP contribution is -2.52. The molecular formula is C21H24N4O3. The summed E-state index contributed by atoms with van der Waals surface area (Å²) in [5.74, 6) is -0.977. The number of aryl methyl sites for hydroxylation is 2. The van der Waals surface area contributed by atoms with Gasteiger partial charge in [0.15, 0.2) is 0 Å². The number of hydrogen-bond acceptors (Lipinski definition) is 4. The normalized spacial score (nSPS) is 16.1. The van der Waals surface area contributed by atoms with Crippen molar-refractivity contribution in [3.63, 3.8) is 0 Å². The Morgan fingerprint density at radius 1 is 1.11 bits per heavy atom. The molecule has 0 unspecified atom stereocenters. The number of carbonyl (C=O) groups is 3. The predicted octanol–water partition coefficient (Wildman–Crippen LogP) is 1.86. The van der Waals surface area contributed by atoms with Crippen molar-refractivity contribution in [3.8, 4) is 0 Å². The van der Waals surface area contributed by atoms with Gasteiger partial charge in [0.25, 0.3) is 0 Å². The van der Waals surface area contributed by atoms with Crippen LogP contribution in [0, 0.1) is 13.8 Å². The number of imide groups is 1. The molecule has 2 aromatic carbocycles. The molecule has 1 aliphatic rings. The van der Waals surface area contributed by atoms with Crippen LogP contribution >= 0.6 is 0 Å². The Bertz CT molecular complexity index is 926. The summed E-state index contributed by atoms with van der Waals surface area (Å²) in [4.78, 5) is 38.1. The highest BCUT2D eigenvalue weighted by Gasteiger charge is 2.31. The molecule has 4 N–H and O–H groups in total. The van der Waals surface area contributed by atoms with Gasteiger partial charge in [-0.1, -0.05) is 42.0 Å². The number of anilines is 1. The fourth-order valence-electron chi connectivity index (χ4n) is 3.48. The van der Waals surface area contributed by atoms with Crippen molar-refractivity contribution < 1.29 is 14.4 Å². The molecule has 0 fully saturated rings. The Kier molecular flexibility index (Phi) is 5.75. The van der Waals surface area contributed by atoms with E-state index < -0.39 is 23.9 Å². The number of benzene rings is 2. The van der Waals surface area contributed by atoms with Gasteiger partial charge in [0.2, 0.25) is 11.8 Å². The van der Waals surface area contributed by atoms with Crippen LogP contribution in [0.2, 0.25) is 0 Å². The van der Waals surface area contributed by atoms with Crippen molar-refractivity contribution in [2.45, 2.75) is 32.9 Å². The van der Waals surface area contributed by atoms with Crippen LogP contribution in [-0.4, -0.2) is 35.3 Å². The molecule has 1 aliphatic heterocycles. The lowest BCUT2D eigenvalue weighted by Gasteiger charge is -2.34. The Labute approximate surface area is 163 Å². The third-order valence-corrected chi connectivity index (χ3v) is 4.90. The largest absolute Gasteiger partial charge is 0.368 e. The Hall–Kier alpha value is -3.19. The molecule has 1 heterocycles. The second-order valence-corrected chi connectivity index (χ2v) is 7.12. The van der Waals surface area contributed by atoms with Gasteiger partial charge in [-0.05, 0) is 43.0 Å². The average Bonchev–Trinajstić information content (AvgIpc) is 2.63.